The number of para-hydroxylation sites is 2. The van der Waals surface area contributed by atoms with Gasteiger partial charge in [0.2, 0.25) is 5.91 Å². The van der Waals surface area contributed by atoms with Crippen molar-refractivity contribution in [3.63, 3.8) is 0 Å². The molecule has 1 amide bonds. The van der Waals surface area contributed by atoms with Crippen LogP contribution in [-0.4, -0.2) is 59.1 Å². The average Bonchev–Trinajstić information content (AvgIpc) is 2.92. The second kappa shape index (κ2) is 11.5. The van der Waals surface area contributed by atoms with E-state index in [2.05, 4.69) is 53.2 Å². The number of fused-ring (bicyclic) bond motifs is 1. The summed E-state index contributed by atoms with van der Waals surface area (Å²) in [7, 11) is 0. The highest BCUT2D eigenvalue weighted by atomic mass is 16.2. The largest absolute Gasteiger partial charge is 0.355 e. The molecule has 2 aromatic carbocycles. The summed E-state index contributed by atoms with van der Waals surface area (Å²) >= 11 is 0. The smallest absolute Gasteiger partial charge is 0.294 e. The zero-order chi connectivity index (χ0) is 25.8. The Morgan fingerprint density at radius 2 is 1.76 bits per heavy atom. The number of hydrogen-bond acceptors (Lipinski definition) is 5. The minimum absolute atomic E-state index is 0.00901. The summed E-state index contributed by atoms with van der Waals surface area (Å²) in [4.78, 5) is 35.9. The van der Waals surface area contributed by atoms with Crippen molar-refractivity contribution in [3.05, 3.63) is 70.0 Å². The van der Waals surface area contributed by atoms with E-state index >= 15 is 0 Å². The van der Waals surface area contributed by atoms with Gasteiger partial charge in [-0.15, -0.1) is 0 Å². The molecule has 0 bridgehead atoms. The Hall–Kier alpha value is -3.19. The fourth-order valence-electron chi connectivity index (χ4n) is 5.73. The highest BCUT2D eigenvalue weighted by molar-refractivity contribution is 5.79. The van der Waals surface area contributed by atoms with Crippen LogP contribution in [0.2, 0.25) is 0 Å². The van der Waals surface area contributed by atoms with E-state index in [1.165, 1.54) is 24.8 Å². The lowest BCUT2D eigenvalue weighted by Gasteiger charge is -2.34. The molecule has 0 unspecified atom stereocenters. The van der Waals surface area contributed by atoms with Gasteiger partial charge in [-0.25, -0.2) is 4.98 Å². The van der Waals surface area contributed by atoms with Gasteiger partial charge in [-0.05, 0) is 63.8 Å². The summed E-state index contributed by atoms with van der Waals surface area (Å²) in [5, 5.41) is 3.17. The predicted molar refractivity (Wildman–Crippen MR) is 149 cm³/mol. The van der Waals surface area contributed by atoms with Crippen LogP contribution >= 0.6 is 0 Å². The second-order valence-corrected chi connectivity index (χ2v) is 10.7. The van der Waals surface area contributed by atoms with E-state index in [9.17, 15) is 9.59 Å². The third kappa shape index (κ3) is 5.87. The highest BCUT2D eigenvalue weighted by Crippen LogP contribution is 2.23. The molecule has 7 heteroatoms. The molecule has 2 aliphatic rings. The number of hydrogen-bond donors (Lipinski definition) is 1. The van der Waals surface area contributed by atoms with Crippen molar-refractivity contribution in [1.82, 2.24) is 19.8 Å². The number of rotatable bonds is 7. The Labute approximate surface area is 219 Å². The molecule has 0 spiro atoms. The van der Waals surface area contributed by atoms with Crippen LogP contribution in [0.15, 0.2) is 53.3 Å². The summed E-state index contributed by atoms with van der Waals surface area (Å²) in [6.07, 6.45) is 5.29. The van der Waals surface area contributed by atoms with Gasteiger partial charge in [0, 0.05) is 38.1 Å². The van der Waals surface area contributed by atoms with E-state index in [-0.39, 0.29) is 17.4 Å². The second-order valence-electron chi connectivity index (χ2n) is 10.7. The number of anilines is 1. The number of piperidine rings is 2. The molecule has 0 saturated carbocycles. The van der Waals surface area contributed by atoms with Gasteiger partial charge in [0.1, 0.15) is 0 Å². The van der Waals surface area contributed by atoms with Crippen LogP contribution in [0.1, 0.15) is 50.2 Å². The van der Waals surface area contributed by atoms with Gasteiger partial charge < -0.3 is 10.2 Å². The summed E-state index contributed by atoms with van der Waals surface area (Å²) in [6, 6.07) is 16.8. The van der Waals surface area contributed by atoms with Crippen molar-refractivity contribution in [3.8, 4) is 0 Å². The summed E-state index contributed by atoms with van der Waals surface area (Å²) < 4.78 is 1.84. The van der Waals surface area contributed by atoms with Crippen LogP contribution in [0.25, 0.3) is 11.0 Å². The molecule has 2 aliphatic heterocycles. The van der Waals surface area contributed by atoms with Crippen LogP contribution in [0.4, 0.5) is 5.82 Å². The van der Waals surface area contributed by atoms with E-state index in [1.807, 2.05) is 28.8 Å². The lowest BCUT2D eigenvalue weighted by Crippen LogP contribution is -2.46. The topological polar surface area (TPSA) is 70.5 Å². The maximum atomic E-state index is 13.7. The molecule has 1 atom stereocenters. The maximum Gasteiger partial charge on any atom is 0.294 e. The van der Waals surface area contributed by atoms with Crippen LogP contribution in [0, 0.1) is 12.8 Å². The molecule has 5 rings (SSSR count). The van der Waals surface area contributed by atoms with E-state index in [0.29, 0.717) is 38.0 Å². The first-order chi connectivity index (χ1) is 18.0. The number of carbonyl (C=O) groups excluding carboxylic acids is 1. The van der Waals surface area contributed by atoms with Crippen molar-refractivity contribution in [2.75, 3.05) is 37.6 Å². The number of likely N-dealkylation sites (tertiary alicyclic amines) is 1. The quantitative estimate of drug-likeness (QED) is 0.531. The number of benzene rings is 2. The standard InChI is InChI=1S/C30H39N5O2/c1-22-10-12-24(13-11-22)21-35-27-9-4-3-8-26(27)32-28(30(35)37)34-18-14-25(15-19-34)29(36)31-16-20-33-17-6-5-7-23(33)2/h3-4,8-13,23,25H,5-7,14-21H2,1-2H3,(H,31,36)/t23-/m0/s1. The molecule has 2 saturated heterocycles. The van der Waals surface area contributed by atoms with Crippen molar-refractivity contribution in [1.29, 1.82) is 0 Å². The molecule has 0 radical (unpaired) electrons. The SMILES string of the molecule is Cc1ccc(Cn2c(=O)c(N3CCC(C(=O)NCCN4CCCC[C@@H]4C)CC3)nc3ccccc32)cc1. The number of amides is 1. The van der Waals surface area contributed by atoms with Gasteiger partial charge in [-0.1, -0.05) is 48.4 Å². The Kier molecular flexibility index (Phi) is 7.89. The molecule has 3 aromatic rings. The zero-order valence-electron chi connectivity index (χ0n) is 22.2. The average molecular weight is 502 g/mol. The summed E-state index contributed by atoms with van der Waals surface area (Å²) in [6.45, 7) is 8.94. The first kappa shape index (κ1) is 25.5. The Bertz CT molecular complexity index is 1280. The van der Waals surface area contributed by atoms with Crippen molar-refractivity contribution in [2.45, 2.75) is 58.5 Å². The summed E-state index contributed by atoms with van der Waals surface area (Å²) in [5.74, 6) is 0.626. The fourth-order valence-corrected chi connectivity index (χ4v) is 5.73. The third-order valence-electron chi connectivity index (χ3n) is 8.10. The number of nitrogens with one attached hydrogen (secondary N) is 1. The minimum Gasteiger partial charge on any atom is -0.355 e. The van der Waals surface area contributed by atoms with E-state index in [4.69, 9.17) is 4.98 Å². The van der Waals surface area contributed by atoms with Crippen molar-refractivity contribution < 1.29 is 4.79 Å². The first-order valence-electron chi connectivity index (χ1n) is 13.8. The van der Waals surface area contributed by atoms with Crippen molar-refractivity contribution >= 4 is 22.8 Å². The summed E-state index contributed by atoms with van der Waals surface area (Å²) in [5.41, 5.74) is 3.87. The van der Waals surface area contributed by atoms with Crippen LogP contribution in [-0.2, 0) is 11.3 Å². The van der Waals surface area contributed by atoms with Gasteiger partial charge in [-0.2, -0.15) is 0 Å². The first-order valence-corrected chi connectivity index (χ1v) is 13.8. The van der Waals surface area contributed by atoms with Gasteiger partial charge in [0.15, 0.2) is 5.82 Å². The highest BCUT2D eigenvalue weighted by Gasteiger charge is 2.28. The molecule has 2 fully saturated rings. The van der Waals surface area contributed by atoms with Crippen LogP contribution in [0.3, 0.4) is 0 Å². The van der Waals surface area contributed by atoms with Gasteiger partial charge >= 0.3 is 0 Å². The molecule has 3 heterocycles. The Morgan fingerprint density at radius 3 is 2.51 bits per heavy atom. The molecule has 37 heavy (non-hydrogen) atoms. The minimum atomic E-state index is -0.0715. The van der Waals surface area contributed by atoms with Gasteiger partial charge in [-0.3, -0.25) is 19.1 Å². The van der Waals surface area contributed by atoms with E-state index in [1.54, 1.807) is 0 Å². The zero-order valence-corrected chi connectivity index (χ0v) is 22.2. The number of nitrogens with zero attached hydrogens (tertiary/aromatic N) is 4. The molecule has 196 valence electrons. The predicted octanol–water partition coefficient (Wildman–Crippen LogP) is 3.96. The van der Waals surface area contributed by atoms with Gasteiger partial charge in [0.25, 0.3) is 5.56 Å². The normalized spacial score (nSPS) is 19.3. The molecule has 1 N–H and O–H groups in total. The fraction of sp³-hybridized carbons (Fsp3) is 0.500. The molecule has 1 aromatic heterocycles. The van der Waals surface area contributed by atoms with E-state index < -0.39 is 0 Å². The molecular formula is C30H39N5O2. The number of aromatic nitrogens is 2. The van der Waals surface area contributed by atoms with Crippen LogP contribution in [0.5, 0.6) is 0 Å². The molecular weight excluding hydrogens is 462 g/mol. The van der Waals surface area contributed by atoms with Crippen LogP contribution < -0.4 is 15.8 Å². The third-order valence-corrected chi connectivity index (χ3v) is 8.10. The number of carbonyl (C=O) groups is 1. The maximum absolute atomic E-state index is 13.7. The lowest BCUT2D eigenvalue weighted by atomic mass is 9.96. The van der Waals surface area contributed by atoms with Gasteiger partial charge in [0.05, 0.1) is 17.6 Å². The lowest BCUT2D eigenvalue weighted by molar-refractivity contribution is -0.125. The molecule has 0 aliphatic carbocycles. The van der Waals surface area contributed by atoms with E-state index in [0.717, 1.165) is 42.5 Å². The Morgan fingerprint density at radius 1 is 1.00 bits per heavy atom. The number of aryl methyl sites for hydroxylation is 1. The Balaban J connectivity index is 1.25. The molecule has 7 nitrogen and oxygen atoms in total. The van der Waals surface area contributed by atoms with Crippen molar-refractivity contribution in [2.24, 2.45) is 5.92 Å². The monoisotopic (exact) mass is 501 g/mol.